The molecule has 4 aliphatic carbocycles. The lowest BCUT2D eigenvalue weighted by molar-refractivity contribution is -0.181. The van der Waals surface area contributed by atoms with Gasteiger partial charge in [0.2, 0.25) is 0 Å². The zero-order chi connectivity index (χ0) is 20.8. The summed E-state index contributed by atoms with van der Waals surface area (Å²) in [5.41, 5.74) is 0.682. The van der Waals surface area contributed by atoms with Gasteiger partial charge in [0, 0.05) is 12.3 Å². The molecule has 0 bridgehead atoms. The van der Waals surface area contributed by atoms with Gasteiger partial charge in [0.25, 0.3) is 6.47 Å². The Morgan fingerprint density at radius 1 is 1.10 bits per heavy atom. The average Bonchev–Trinajstić information content (AvgIpc) is 3.03. The summed E-state index contributed by atoms with van der Waals surface area (Å²) in [6.45, 7) is 8.01. The molecule has 4 heteroatoms. The lowest BCUT2D eigenvalue weighted by atomic mass is 9.44. The Kier molecular flexibility index (Phi) is 5.76. The minimum atomic E-state index is -0.678. The van der Waals surface area contributed by atoms with Crippen molar-refractivity contribution in [2.45, 2.75) is 97.5 Å². The molecule has 0 spiro atoms. The number of carboxylic acid groups (broad SMARTS) is 1. The molecule has 0 aromatic heterocycles. The highest BCUT2D eigenvalue weighted by Gasteiger charge is 2.63. The smallest absolute Gasteiger partial charge is 0.303 e. The van der Waals surface area contributed by atoms with E-state index in [0.29, 0.717) is 47.4 Å². The highest BCUT2D eigenvalue weighted by atomic mass is 16.5. The molecule has 0 aliphatic heterocycles. The first kappa shape index (κ1) is 21.2. The molecule has 9 unspecified atom stereocenters. The Balaban J connectivity index is 1.60. The lowest BCUT2D eigenvalue weighted by Gasteiger charge is -2.62. The van der Waals surface area contributed by atoms with Gasteiger partial charge in [-0.15, -0.1) is 0 Å². The van der Waals surface area contributed by atoms with Crippen molar-refractivity contribution >= 4 is 12.4 Å². The summed E-state index contributed by atoms with van der Waals surface area (Å²) >= 11 is 0. The molecule has 0 heterocycles. The Morgan fingerprint density at radius 2 is 1.86 bits per heavy atom. The van der Waals surface area contributed by atoms with Crippen molar-refractivity contribution in [2.24, 2.45) is 46.3 Å². The molecule has 164 valence electrons. The molecule has 4 rings (SSSR count). The zero-order valence-electron chi connectivity index (χ0n) is 18.6. The summed E-state index contributed by atoms with van der Waals surface area (Å²) in [6, 6.07) is 0. The minimum absolute atomic E-state index is 0.0892. The van der Waals surface area contributed by atoms with Gasteiger partial charge in [0.1, 0.15) is 6.10 Å². The summed E-state index contributed by atoms with van der Waals surface area (Å²) in [6.07, 6.45) is 12.5. The van der Waals surface area contributed by atoms with Crippen molar-refractivity contribution < 1.29 is 19.4 Å². The van der Waals surface area contributed by atoms with Gasteiger partial charge in [-0.2, -0.15) is 0 Å². The second-order valence-electron chi connectivity index (χ2n) is 11.4. The maximum absolute atomic E-state index is 11.4. The fourth-order valence-electron chi connectivity index (χ4n) is 8.97. The van der Waals surface area contributed by atoms with Crippen molar-refractivity contribution in [3.63, 3.8) is 0 Å². The second kappa shape index (κ2) is 7.89. The van der Waals surface area contributed by atoms with Crippen LogP contribution in [0.2, 0.25) is 0 Å². The Bertz CT molecular complexity index is 632. The highest BCUT2D eigenvalue weighted by Crippen LogP contribution is 2.68. The van der Waals surface area contributed by atoms with Crippen LogP contribution in [0.4, 0.5) is 0 Å². The summed E-state index contributed by atoms with van der Waals surface area (Å²) in [5.74, 6) is 2.86. The number of aliphatic carboxylic acids is 1. The van der Waals surface area contributed by atoms with Gasteiger partial charge in [-0.1, -0.05) is 33.6 Å². The van der Waals surface area contributed by atoms with E-state index in [-0.39, 0.29) is 17.9 Å². The standard InChI is InChI=1S/C25H40O4/c1-16(7-10-22(27)28)18-8-9-19-23-20(11-13-25(18,19)3)24(2)12-5-4-6-17(24)14-21(23)29-15-26/h15-21,23H,4-14H2,1-3H3,(H,27,28). The van der Waals surface area contributed by atoms with Crippen molar-refractivity contribution in [1.29, 1.82) is 0 Å². The molecular weight excluding hydrogens is 364 g/mol. The second-order valence-corrected chi connectivity index (χ2v) is 11.4. The molecule has 4 saturated carbocycles. The van der Waals surface area contributed by atoms with Crippen LogP contribution < -0.4 is 0 Å². The average molecular weight is 405 g/mol. The molecule has 0 aromatic carbocycles. The van der Waals surface area contributed by atoms with E-state index in [0.717, 1.165) is 12.8 Å². The number of fused-ring (bicyclic) bond motifs is 5. The maximum Gasteiger partial charge on any atom is 0.303 e. The van der Waals surface area contributed by atoms with Gasteiger partial charge >= 0.3 is 5.97 Å². The normalized spacial score (nSPS) is 47.4. The topological polar surface area (TPSA) is 63.6 Å². The van der Waals surface area contributed by atoms with Gasteiger partial charge in [0.15, 0.2) is 0 Å². The molecular formula is C25H40O4. The molecule has 4 fully saturated rings. The van der Waals surface area contributed by atoms with Crippen LogP contribution in [0.3, 0.4) is 0 Å². The van der Waals surface area contributed by atoms with E-state index in [4.69, 9.17) is 9.84 Å². The predicted octanol–water partition coefficient (Wildman–Crippen LogP) is 5.69. The van der Waals surface area contributed by atoms with Crippen LogP contribution in [-0.4, -0.2) is 23.7 Å². The molecule has 9 atom stereocenters. The predicted molar refractivity (Wildman–Crippen MR) is 112 cm³/mol. The molecule has 0 saturated heterocycles. The minimum Gasteiger partial charge on any atom is -0.481 e. The molecule has 1 N–H and O–H groups in total. The number of carbonyl (C=O) groups is 2. The third-order valence-electron chi connectivity index (χ3n) is 10.4. The monoisotopic (exact) mass is 404 g/mol. The van der Waals surface area contributed by atoms with Crippen molar-refractivity contribution in [3.05, 3.63) is 0 Å². The molecule has 0 radical (unpaired) electrons. The summed E-state index contributed by atoms with van der Waals surface area (Å²) in [4.78, 5) is 22.5. The third kappa shape index (κ3) is 3.43. The van der Waals surface area contributed by atoms with Crippen LogP contribution in [0.1, 0.15) is 91.4 Å². The van der Waals surface area contributed by atoms with Crippen molar-refractivity contribution in [3.8, 4) is 0 Å². The van der Waals surface area contributed by atoms with Gasteiger partial charge in [-0.05, 0) is 91.8 Å². The summed E-state index contributed by atoms with van der Waals surface area (Å²) in [5, 5.41) is 9.14. The number of hydrogen-bond acceptors (Lipinski definition) is 3. The molecule has 0 amide bonds. The lowest BCUT2D eigenvalue weighted by Crippen LogP contribution is -2.58. The molecule has 4 aliphatic rings. The van der Waals surface area contributed by atoms with Gasteiger partial charge in [-0.3, -0.25) is 9.59 Å². The van der Waals surface area contributed by atoms with E-state index in [1.165, 1.54) is 51.4 Å². The first-order valence-electron chi connectivity index (χ1n) is 12.1. The number of rotatable bonds is 6. The Morgan fingerprint density at radius 3 is 2.59 bits per heavy atom. The van der Waals surface area contributed by atoms with Crippen LogP contribution in [-0.2, 0) is 14.3 Å². The number of ether oxygens (including phenoxy) is 1. The SMILES string of the molecule is CC(CCC(=O)O)C1CCC2C3C(OC=O)CC4CCCCC4(C)C3CCC12C. The van der Waals surface area contributed by atoms with Crippen LogP contribution in [0.25, 0.3) is 0 Å². The maximum atomic E-state index is 11.4. The third-order valence-corrected chi connectivity index (χ3v) is 10.4. The number of carboxylic acids is 1. The first-order chi connectivity index (χ1) is 13.8. The molecule has 29 heavy (non-hydrogen) atoms. The number of carbonyl (C=O) groups excluding carboxylic acids is 1. The Labute approximate surface area is 176 Å². The fraction of sp³-hybridized carbons (Fsp3) is 0.920. The molecule has 0 aromatic rings. The van der Waals surface area contributed by atoms with E-state index in [1.54, 1.807) is 0 Å². The fourth-order valence-corrected chi connectivity index (χ4v) is 8.97. The van der Waals surface area contributed by atoms with E-state index in [2.05, 4.69) is 20.8 Å². The van der Waals surface area contributed by atoms with Gasteiger partial charge in [-0.25, -0.2) is 0 Å². The summed E-state index contributed by atoms with van der Waals surface area (Å²) in [7, 11) is 0. The van der Waals surface area contributed by atoms with E-state index >= 15 is 0 Å². The zero-order valence-corrected chi connectivity index (χ0v) is 18.6. The van der Waals surface area contributed by atoms with E-state index < -0.39 is 5.97 Å². The Hall–Kier alpha value is -1.06. The largest absolute Gasteiger partial charge is 0.481 e. The van der Waals surface area contributed by atoms with Gasteiger partial charge in [0.05, 0.1) is 0 Å². The van der Waals surface area contributed by atoms with E-state index in [1.807, 2.05) is 0 Å². The quantitative estimate of drug-likeness (QED) is 0.578. The van der Waals surface area contributed by atoms with E-state index in [9.17, 15) is 9.59 Å². The summed E-state index contributed by atoms with van der Waals surface area (Å²) < 4.78 is 5.82. The van der Waals surface area contributed by atoms with Crippen molar-refractivity contribution in [2.75, 3.05) is 0 Å². The van der Waals surface area contributed by atoms with Crippen LogP contribution >= 0.6 is 0 Å². The van der Waals surface area contributed by atoms with Crippen LogP contribution in [0.5, 0.6) is 0 Å². The van der Waals surface area contributed by atoms with Crippen molar-refractivity contribution in [1.82, 2.24) is 0 Å². The molecule has 4 nitrogen and oxygen atoms in total. The van der Waals surface area contributed by atoms with Crippen LogP contribution in [0.15, 0.2) is 0 Å². The van der Waals surface area contributed by atoms with Gasteiger partial charge < -0.3 is 9.84 Å². The van der Waals surface area contributed by atoms with Crippen LogP contribution in [0, 0.1) is 46.3 Å². The highest BCUT2D eigenvalue weighted by molar-refractivity contribution is 5.66. The number of hydrogen-bond donors (Lipinski definition) is 1. The first-order valence-corrected chi connectivity index (χ1v) is 12.1.